The number of Topliss-reactive ketones (excluding diaryl/α,β-unsaturated/α-hetero) is 1. The Morgan fingerprint density at radius 1 is 1.17 bits per heavy atom. The summed E-state index contributed by atoms with van der Waals surface area (Å²) in [5.74, 6) is 0.166. The normalized spacial score (nSPS) is 9.94. The predicted octanol–water partition coefficient (Wildman–Crippen LogP) is -0.152. The van der Waals surface area contributed by atoms with Gasteiger partial charge in [-0.1, -0.05) is 41.7 Å². The number of rotatable bonds is 3. The first-order valence-corrected chi connectivity index (χ1v) is 6.46. The molecular weight excluding hydrogens is 310 g/mol. The number of nitrogens with zero attached hydrogens (tertiary/aromatic N) is 1. The Balaban J connectivity index is 0.00000162. The molecule has 0 saturated heterocycles. The van der Waals surface area contributed by atoms with Crippen molar-refractivity contribution < 1.29 is 26.3 Å². The van der Waals surface area contributed by atoms with Crippen LogP contribution in [0.2, 0.25) is 0 Å². The molecule has 1 heterocycles. The molecule has 2 aromatic rings. The van der Waals surface area contributed by atoms with Gasteiger partial charge in [-0.3, -0.25) is 4.79 Å². The molecule has 1 aromatic carbocycles. The summed E-state index contributed by atoms with van der Waals surface area (Å²) in [6.45, 7) is 6.66. The van der Waals surface area contributed by atoms with Gasteiger partial charge in [0.2, 0.25) is 17.3 Å². The number of aromatic nitrogens is 1. The number of ketones is 1. The summed E-state index contributed by atoms with van der Waals surface area (Å²) in [5.41, 5.74) is 1.97. The Bertz CT molecular complexity index is 548. The summed E-state index contributed by atoms with van der Waals surface area (Å²) >= 11 is 1.74. The fraction of sp³-hybridized carbons (Fsp3) is 0.286. The maximum absolute atomic E-state index is 12.1. The summed E-state index contributed by atoms with van der Waals surface area (Å²) in [4.78, 5) is 13.4. The quantitative estimate of drug-likeness (QED) is 0.568. The monoisotopic (exact) mass is 325 g/mol. The lowest BCUT2D eigenvalue weighted by Gasteiger charge is -1.98. The summed E-state index contributed by atoms with van der Waals surface area (Å²) in [7, 11) is 0. The third-order valence-electron chi connectivity index (χ3n) is 2.99. The number of carbonyl (C=O) groups is 1. The number of thiazole rings is 1. The van der Waals surface area contributed by atoms with Gasteiger partial charge in [-0.25, -0.2) is 0 Å². The number of hydrogen-bond acceptors (Lipinski definition) is 2. The Morgan fingerprint density at radius 3 is 2.28 bits per heavy atom. The van der Waals surface area contributed by atoms with Gasteiger partial charge in [0.05, 0.1) is 4.88 Å². The van der Waals surface area contributed by atoms with Gasteiger partial charge in [0.25, 0.3) is 0 Å². The topological polar surface area (TPSA) is 20.9 Å². The zero-order valence-corrected chi connectivity index (χ0v) is 13.1. The number of carbonyl (C=O) groups excluding carboxylic acids is 1. The molecule has 0 aliphatic carbocycles. The zero-order valence-electron chi connectivity index (χ0n) is 10.7. The van der Waals surface area contributed by atoms with Crippen LogP contribution >= 0.6 is 11.3 Å². The molecule has 0 unspecified atom stereocenters. The zero-order chi connectivity index (χ0) is 12.4. The highest BCUT2D eigenvalue weighted by Gasteiger charge is 2.21. The molecule has 0 atom stereocenters. The second kappa shape index (κ2) is 6.25. The molecule has 1 aromatic heterocycles. The van der Waals surface area contributed by atoms with E-state index in [2.05, 4.69) is 25.3 Å². The van der Waals surface area contributed by atoms with Crippen LogP contribution in [0.4, 0.5) is 0 Å². The van der Waals surface area contributed by atoms with Gasteiger partial charge in [0, 0.05) is 19.4 Å². The van der Waals surface area contributed by atoms with Gasteiger partial charge in [0.15, 0.2) is 5.69 Å². The highest BCUT2D eigenvalue weighted by Crippen LogP contribution is 2.14. The van der Waals surface area contributed by atoms with Crippen LogP contribution in [0.1, 0.15) is 25.9 Å². The van der Waals surface area contributed by atoms with E-state index in [1.165, 1.54) is 15.6 Å². The van der Waals surface area contributed by atoms with Crippen LogP contribution in [-0.4, -0.2) is 5.78 Å². The van der Waals surface area contributed by atoms with Crippen molar-refractivity contribution in [3.63, 3.8) is 0 Å². The van der Waals surface area contributed by atoms with Crippen LogP contribution in [-0.2, 0) is 6.54 Å². The van der Waals surface area contributed by atoms with Crippen LogP contribution in [0.15, 0.2) is 30.3 Å². The molecule has 0 bridgehead atoms. The van der Waals surface area contributed by atoms with E-state index in [1.54, 1.807) is 11.3 Å². The van der Waals surface area contributed by atoms with Gasteiger partial charge in [-0.2, -0.15) is 4.57 Å². The molecule has 0 aliphatic heterocycles. The summed E-state index contributed by atoms with van der Waals surface area (Å²) in [6, 6.07) is 9.46. The van der Waals surface area contributed by atoms with E-state index in [1.807, 2.05) is 30.3 Å². The van der Waals surface area contributed by atoms with Crippen LogP contribution in [0.3, 0.4) is 0 Å². The predicted molar refractivity (Wildman–Crippen MR) is 69.5 cm³/mol. The van der Waals surface area contributed by atoms with E-state index in [9.17, 15) is 4.79 Å². The molecule has 0 radical (unpaired) electrons. The lowest BCUT2D eigenvalue weighted by molar-refractivity contribution is -0.690. The second-order valence-electron chi connectivity index (χ2n) is 4.14. The fourth-order valence-corrected chi connectivity index (χ4v) is 2.88. The maximum atomic E-state index is 12.1. The Kier molecular flexibility index (Phi) is 5.23. The first-order chi connectivity index (χ1) is 8.09. The highest BCUT2D eigenvalue weighted by atomic mass is 79.9. The Hall–Kier alpha value is -1.00. The lowest BCUT2D eigenvalue weighted by Crippen LogP contribution is -3.00. The van der Waals surface area contributed by atoms with Crippen LogP contribution in [0, 0.1) is 20.8 Å². The molecule has 0 N–H and O–H groups in total. The number of benzene rings is 1. The average Bonchev–Trinajstić information content (AvgIpc) is 2.57. The van der Waals surface area contributed by atoms with Gasteiger partial charge in [-0.05, 0) is 6.92 Å². The van der Waals surface area contributed by atoms with Crippen molar-refractivity contribution in [2.45, 2.75) is 27.3 Å². The largest absolute Gasteiger partial charge is 1.00 e. The summed E-state index contributed by atoms with van der Waals surface area (Å²) in [6.07, 6.45) is 0. The first-order valence-electron chi connectivity index (χ1n) is 5.64. The summed E-state index contributed by atoms with van der Waals surface area (Å²) < 4.78 is 2.09. The van der Waals surface area contributed by atoms with Gasteiger partial charge in [0.1, 0.15) is 0 Å². The van der Waals surface area contributed by atoms with Gasteiger partial charge >= 0.3 is 0 Å². The minimum absolute atomic E-state index is 0. The van der Waals surface area contributed by atoms with Gasteiger partial charge in [-0.15, -0.1) is 0 Å². The molecule has 2 nitrogen and oxygen atoms in total. The average molecular weight is 326 g/mol. The second-order valence-corrected chi connectivity index (χ2v) is 5.55. The Labute approximate surface area is 122 Å². The fourth-order valence-electron chi connectivity index (χ4n) is 1.87. The molecule has 0 saturated carbocycles. The van der Waals surface area contributed by atoms with E-state index < -0.39 is 0 Å². The minimum atomic E-state index is 0. The molecule has 18 heavy (non-hydrogen) atoms. The summed E-state index contributed by atoms with van der Waals surface area (Å²) in [5, 5.41) is 1.18. The smallest absolute Gasteiger partial charge is 0.234 e. The van der Waals surface area contributed by atoms with E-state index in [0.717, 1.165) is 5.56 Å². The van der Waals surface area contributed by atoms with Crippen molar-refractivity contribution in [1.29, 1.82) is 0 Å². The maximum Gasteiger partial charge on any atom is 0.234 e. The van der Waals surface area contributed by atoms with Crippen molar-refractivity contribution in [1.82, 2.24) is 0 Å². The lowest BCUT2D eigenvalue weighted by atomic mass is 10.1. The molecule has 2 rings (SSSR count). The van der Waals surface area contributed by atoms with E-state index in [-0.39, 0.29) is 22.8 Å². The Morgan fingerprint density at radius 2 is 1.78 bits per heavy atom. The first kappa shape index (κ1) is 15.1. The highest BCUT2D eigenvalue weighted by molar-refractivity contribution is 7.11. The molecule has 0 amide bonds. The third kappa shape index (κ3) is 3.06. The molecule has 0 fully saturated rings. The van der Waals surface area contributed by atoms with E-state index in [0.29, 0.717) is 6.54 Å². The van der Waals surface area contributed by atoms with E-state index >= 15 is 0 Å². The number of hydrogen-bond donors (Lipinski definition) is 0. The van der Waals surface area contributed by atoms with Crippen LogP contribution in [0.5, 0.6) is 0 Å². The van der Waals surface area contributed by atoms with Crippen molar-refractivity contribution >= 4 is 17.1 Å². The number of aryl methyl sites for hydroxylation is 2. The van der Waals surface area contributed by atoms with Crippen LogP contribution in [0.25, 0.3) is 0 Å². The molecule has 0 spiro atoms. The van der Waals surface area contributed by atoms with Crippen molar-refractivity contribution in [2.24, 2.45) is 0 Å². The SMILES string of the molecule is Cc1sc(C)[n+](CC(=O)c2ccccc2)c1C.[Br-]. The molecule has 0 aliphatic rings. The standard InChI is InChI=1S/C14H16NOS.BrH/c1-10-11(2)17-12(3)15(10)9-14(16)13-7-5-4-6-8-13;/h4-8H,9H2,1-3H3;1H/q+1;/p-1. The number of halogens is 1. The third-order valence-corrected chi connectivity index (χ3v) is 4.11. The van der Waals surface area contributed by atoms with E-state index in [4.69, 9.17) is 0 Å². The van der Waals surface area contributed by atoms with Crippen molar-refractivity contribution in [3.8, 4) is 0 Å². The van der Waals surface area contributed by atoms with Gasteiger partial charge < -0.3 is 17.0 Å². The molecule has 96 valence electrons. The van der Waals surface area contributed by atoms with Crippen molar-refractivity contribution in [2.75, 3.05) is 0 Å². The molecular formula is C14H16BrNOS. The molecule has 4 heteroatoms. The van der Waals surface area contributed by atoms with Crippen LogP contribution < -0.4 is 21.5 Å². The van der Waals surface area contributed by atoms with Crippen molar-refractivity contribution in [3.05, 3.63) is 51.5 Å². The minimum Gasteiger partial charge on any atom is -1.00 e.